The van der Waals surface area contributed by atoms with Crippen molar-refractivity contribution in [3.63, 3.8) is 0 Å². The number of nitrogens with zero attached hydrogens (tertiary/aromatic N) is 2. The summed E-state index contributed by atoms with van der Waals surface area (Å²) in [5, 5.41) is 0.531. The summed E-state index contributed by atoms with van der Waals surface area (Å²) in [4.78, 5) is 29.1. The molecule has 0 N–H and O–H groups in total. The molecule has 1 atom stereocenters. The minimum absolute atomic E-state index is 0.0814. The van der Waals surface area contributed by atoms with Gasteiger partial charge >= 0.3 is 11.9 Å². The molecule has 3 rings (SSSR count). The molecule has 2 aliphatic heterocycles. The zero-order chi connectivity index (χ0) is 21.0. The molecule has 2 aliphatic rings. The Balaban J connectivity index is 2.18. The molecule has 0 aromatic heterocycles. The summed E-state index contributed by atoms with van der Waals surface area (Å²) in [5.41, 5.74) is 1.84. The van der Waals surface area contributed by atoms with Crippen LogP contribution in [0.25, 0.3) is 0 Å². The molecule has 0 bridgehead atoms. The second kappa shape index (κ2) is 9.18. The summed E-state index contributed by atoms with van der Waals surface area (Å²) in [6, 6.07) is 5.58. The smallest absolute Gasteiger partial charge is 0.355 e. The van der Waals surface area contributed by atoms with E-state index in [0.29, 0.717) is 16.6 Å². The number of esters is 2. The van der Waals surface area contributed by atoms with Crippen LogP contribution >= 0.6 is 11.6 Å². The number of methoxy groups -OCH3 is 2. The predicted molar refractivity (Wildman–Crippen MR) is 114 cm³/mol. The summed E-state index contributed by atoms with van der Waals surface area (Å²) in [5.74, 6) is -0.695. The summed E-state index contributed by atoms with van der Waals surface area (Å²) < 4.78 is 9.89. The number of ether oxygens (including phenoxy) is 2. The molecule has 7 heteroatoms. The lowest BCUT2D eigenvalue weighted by atomic mass is 9.99. The minimum atomic E-state index is -0.639. The number of rotatable bonds is 4. The van der Waals surface area contributed by atoms with Gasteiger partial charge in [0.25, 0.3) is 0 Å². The van der Waals surface area contributed by atoms with Crippen LogP contribution in [0.4, 0.5) is 11.4 Å². The molecule has 0 amide bonds. The van der Waals surface area contributed by atoms with Gasteiger partial charge in [0, 0.05) is 24.3 Å². The van der Waals surface area contributed by atoms with Gasteiger partial charge < -0.3 is 19.3 Å². The Hall–Kier alpha value is -2.73. The molecule has 154 valence electrons. The van der Waals surface area contributed by atoms with Gasteiger partial charge in [-0.2, -0.15) is 0 Å². The summed E-state index contributed by atoms with van der Waals surface area (Å²) in [6.45, 7) is 4.05. The first-order valence-electron chi connectivity index (χ1n) is 9.55. The van der Waals surface area contributed by atoms with E-state index < -0.39 is 11.9 Å². The lowest BCUT2D eigenvalue weighted by molar-refractivity contribution is -0.139. The number of carbonyl (C=O) groups excluding carboxylic acids is 2. The first kappa shape index (κ1) is 21.0. The molecule has 1 fully saturated rings. The maximum Gasteiger partial charge on any atom is 0.355 e. The molecular formula is C22H25ClN2O4. The Kier molecular flexibility index (Phi) is 6.64. The second-order valence-electron chi connectivity index (χ2n) is 7.14. The SMILES string of the molecule is COC(=O)C1=C(C(=O)OC)N(c2cc(Cl)ccc2N2CCCC(C)C2)C=CC=C1. The maximum absolute atomic E-state index is 12.7. The van der Waals surface area contributed by atoms with Gasteiger partial charge in [-0.05, 0) is 49.1 Å². The van der Waals surface area contributed by atoms with Crippen LogP contribution in [0, 0.1) is 5.92 Å². The van der Waals surface area contributed by atoms with Crippen molar-refractivity contribution in [1.82, 2.24) is 0 Å². The highest BCUT2D eigenvalue weighted by atomic mass is 35.5. The van der Waals surface area contributed by atoms with E-state index >= 15 is 0 Å². The first-order valence-corrected chi connectivity index (χ1v) is 9.93. The van der Waals surface area contributed by atoms with Crippen molar-refractivity contribution in [2.24, 2.45) is 5.92 Å². The standard InChI is InChI=1S/C22H25ClN2O4/c1-15-7-6-11-24(14-15)18-10-9-16(23)13-19(18)25-12-5-4-8-17(21(26)28-2)20(25)22(27)29-3/h4-5,8-10,12-13,15H,6-7,11,14H2,1-3H3. The Morgan fingerprint density at radius 1 is 1.10 bits per heavy atom. The van der Waals surface area contributed by atoms with Crippen LogP contribution in [0.5, 0.6) is 0 Å². The average Bonchev–Trinajstić information content (AvgIpc) is 2.95. The summed E-state index contributed by atoms with van der Waals surface area (Å²) in [7, 11) is 2.56. The van der Waals surface area contributed by atoms with Crippen molar-refractivity contribution >= 4 is 34.9 Å². The summed E-state index contributed by atoms with van der Waals surface area (Å²) in [6.07, 6.45) is 8.98. The van der Waals surface area contributed by atoms with Gasteiger partial charge in [-0.25, -0.2) is 9.59 Å². The topological polar surface area (TPSA) is 59.1 Å². The third kappa shape index (κ3) is 4.48. The molecule has 1 aromatic rings. The van der Waals surface area contributed by atoms with E-state index in [4.69, 9.17) is 21.1 Å². The maximum atomic E-state index is 12.7. The third-order valence-corrected chi connectivity index (χ3v) is 5.32. The molecular weight excluding hydrogens is 392 g/mol. The zero-order valence-corrected chi connectivity index (χ0v) is 17.6. The monoisotopic (exact) mass is 416 g/mol. The van der Waals surface area contributed by atoms with Gasteiger partial charge in [0.15, 0.2) is 0 Å². The van der Waals surface area contributed by atoms with Crippen molar-refractivity contribution in [3.05, 3.63) is 58.9 Å². The lowest BCUT2D eigenvalue weighted by Crippen LogP contribution is -2.36. The predicted octanol–water partition coefficient (Wildman–Crippen LogP) is 4.07. The quantitative estimate of drug-likeness (QED) is 0.690. The molecule has 1 unspecified atom stereocenters. The molecule has 1 saturated heterocycles. The van der Waals surface area contributed by atoms with Crippen LogP contribution in [0.1, 0.15) is 19.8 Å². The second-order valence-corrected chi connectivity index (χ2v) is 7.58. The third-order valence-electron chi connectivity index (χ3n) is 5.08. The van der Waals surface area contributed by atoms with Gasteiger partial charge in [-0.1, -0.05) is 24.6 Å². The molecule has 0 aliphatic carbocycles. The summed E-state index contributed by atoms with van der Waals surface area (Å²) >= 11 is 6.32. The van der Waals surface area contributed by atoms with Gasteiger partial charge in [0.05, 0.1) is 31.2 Å². The van der Waals surface area contributed by atoms with Gasteiger partial charge in [-0.15, -0.1) is 0 Å². The van der Waals surface area contributed by atoms with E-state index in [0.717, 1.165) is 25.2 Å². The van der Waals surface area contributed by atoms with E-state index in [2.05, 4.69) is 11.8 Å². The molecule has 6 nitrogen and oxygen atoms in total. The van der Waals surface area contributed by atoms with Crippen molar-refractivity contribution in [1.29, 1.82) is 0 Å². The van der Waals surface area contributed by atoms with Crippen LogP contribution in [0.3, 0.4) is 0 Å². The van der Waals surface area contributed by atoms with Crippen LogP contribution in [0.2, 0.25) is 5.02 Å². The van der Waals surface area contributed by atoms with Gasteiger partial charge in [0.1, 0.15) is 5.70 Å². The van der Waals surface area contributed by atoms with Crippen LogP contribution in [-0.2, 0) is 19.1 Å². The van der Waals surface area contributed by atoms with E-state index in [-0.39, 0.29) is 11.3 Å². The Labute approximate surface area is 176 Å². The molecule has 0 spiro atoms. The number of allylic oxidation sites excluding steroid dienone is 2. The average molecular weight is 417 g/mol. The Morgan fingerprint density at radius 3 is 2.55 bits per heavy atom. The van der Waals surface area contributed by atoms with E-state index in [1.807, 2.05) is 12.1 Å². The fourth-order valence-electron chi connectivity index (χ4n) is 3.72. The van der Waals surface area contributed by atoms with Crippen molar-refractivity contribution in [3.8, 4) is 0 Å². The molecule has 1 aromatic carbocycles. The van der Waals surface area contributed by atoms with E-state index in [9.17, 15) is 9.59 Å². The largest absolute Gasteiger partial charge is 0.465 e. The minimum Gasteiger partial charge on any atom is -0.465 e. The van der Waals surface area contributed by atoms with E-state index in [1.54, 1.807) is 35.4 Å². The van der Waals surface area contributed by atoms with Gasteiger partial charge in [-0.3, -0.25) is 0 Å². The normalized spacial score (nSPS) is 19.2. The lowest BCUT2D eigenvalue weighted by Gasteiger charge is -2.36. The fourth-order valence-corrected chi connectivity index (χ4v) is 3.88. The highest BCUT2D eigenvalue weighted by Gasteiger charge is 2.30. The highest BCUT2D eigenvalue weighted by molar-refractivity contribution is 6.31. The number of carbonyl (C=O) groups is 2. The fraction of sp³-hybridized carbons (Fsp3) is 0.364. The number of halogens is 1. The number of anilines is 2. The zero-order valence-electron chi connectivity index (χ0n) is 16.9. The van der Waals surface area contributed by atoms with Crippen LogP contribution < -0.4 is 9.80 Å². The van der Waals surface area contributed by atoms with Crippen molar-refractivity contribution in [2.45, 2.75) is 19.8 Å². The van der Waals surface area contributed by atoms with Gasteiger partial charge in [0.2, 0.25) is 0 Å². The van der Waals surface area contributed by atoms with Crippen LogP contribution in [0.15, 0.2) is 53.9 Å². The Bertz CT molecular complexity index is 891. The number of hydrogen-bond donors (Lipinski definition) is 0. The van der Waals surface area contributed by atoms with Crippen molar-refractivity contribution < 1.29 is 19.1 Å². The molecule has 0 saturated carbocycles. The van der Waals surface area contributed by atoms with Crippen LogP contribution in [-0.4, -0.2) is 39.2 Å². The molecule has 0 radical (unpaired) electrons. The number of benzene rings is 1. The molecule has 2 heterocycles. The Morgan fingerprint density at radius 2 is 1.86 bits per heavy atom. The number of hydrogen-bond acceptors (Lipinski definition) is 6. The first-order chi connectivity index (χ1) is 14.0. The number of piperidine rings is 1. The van der Waals surface area contributed by atoms with E-state index in [1.165, 1.54) is 20.6 Å². The highest BCUT2D eigenvalue weighted by Crippen LogP contribution is 2.38. The van der Waals surface area contributed by atoms with Crippen molar-refractivity contribution in [2.75, 3.05) is 37.1 Å². The molecule has 29 heavy (non-hydrogen) atoms.